The van der Waals surface area contributed by atoms with Crippen molar-refractivity contribution in [1.29, 1.82) is 0 Å². The Balaban J connectivity index is 1.41. The third-order valence-electron chi connectivity index (χ3n) is 4.71. The highest BCUT2D eigenvalue weighted by Crippen LogP contribution is 2.16. The lowest BCUT2D eigenvalue weighted by atomic mass is 10.1. The van der Waals surface area contributed by atoms with Crippen molar-refractivity contribution in [2.24, 2.45) is 10.9 Å². The first-order valence-corrected chi connectivity index (χ1v) is 10.0. The van der Waals surface area contributed by atoms with Crippen LogP contribution in [-0.2, 0) is 16.0 Å². The van der Waals surface area contributed by atoms with Crippen LogP contribution in [0.15, 0.2) is 47.5 Å². The van der Waals surface area contributed by atoms with Gasteiger partial charge in [-0.1, -0.05) is 36.4 Å². The minimum Gasteiger partial charge on any atom is -0.381 e. The lowest BCUT2D eigenvalue weighted by Gasteiger charge is -2.12. The Morgan fingerprint density at radius 1 is 1.19 bits per heavy atom. The summed E-state index contributed by atoms with van der Waals surface area (Å²) in [5, 5.41) is 9.22. The maximum absolute atomic E-state index is 5.75. The number of benzene rings is 2. The van der Waals surface area contributed by atoms with Crippen LogP contribution < -0.4 is 10.6 Å². The average molecular weight is 370 g/mol. The standard InChI is InChI=1S/C22H31N3O2/c1-2-23-22(24-11-5-12-26-16-19-10-13-27-17-19)25-15-18-8-9-20-6-3-4-7-21(20)14-18/h3-4,6-9,14,19H,2,5,10-13,15-17H2,1H3,(H2,23,24,25). The van der Waals surface area contributed by atoms with Crippen LogP contribution in [0.5, 0.6) is 0 Å². The minimum absolute atomic E-state index is 0.582. The summed E-state index contributed by atoms with van der Waals surface area (Å²) in [5.74, 6) is 1.44. The highest BCUT2D eigenvalue weighted by molar-refractivity contribution is 5.83. The summed E-state index contributed by atoms with van der Waals surface area (Å²) in [7, 11) is 0. The Labute approximate surface area is 162 Å². The molecule has 146 valence electrons. The normalized spacial score (nSPS) is 17.4. The number of ether oxygens (including phenoxy) is 2. The van der Waals surface area contributed by atoms with Gasteiger partial charge in [-0.15, -0.1) is 0 Å². The van der Waals surface area contributed by atoms with Crippen LogP contribution in [0.1, 0.15) is 25.3 Å². The predicted octanol–water partition coefficient (Wildman–Crippen LogP) is 3.34. The number of aliphatic imine (C=N–C) groups is 1. The van der Waals surface area contributed by atoms with Crippen LogP contribution in [0.2, 0.25) is 0 Å². The van der Waals surface area contributed by atoms with E-state index < -0.39 is 0 Å². The molecule has 1 saturated heterocycles. The van der Waals surface area contributed by atoms with Crippen LogP contribution >= 0.6 is 0 Å². The van der Waals surface area contributed by atoms with E-state index in [1.54, 1.807) is 0 Å². The smallest absolute Gasteiger partial charge is 0.191 e. The first kappa shape index (κ1) is 19.6. The van der Waals surface area contributed by atoms with Gasteiger partial charge in [0.25, 0.3) is 0 Å². The van der Waals surface area contributed by atoms with Crippen LogP contribution in [0, 0.1) is 5.92 Å². The zero-order valence-corrected chi connectivity index (χ0v) is 16.2. The van der Waals surface area contributed by atoms with Crippen LogP contribution in [0.25, 0.3) is 10.8 Å². The monoisotopic (exact) mass is 369 g/mol. The zero-order valence-electron chi connectivity index (χ0n) is 16.2. The fourth-order valence-corrected chi connectivity index (χ4v) is 3.20. The topological polar surface area (TPSA) is 54.9 Å². The van der Waals surface area contributed by atoms with E-state index in [0.29, 0.717) is 12.5 Å². The molecular weight excluding hydrogens is 338 g/mol. The van der Waals surface area contributed by atoms with E-state index in [-0.39, 0.29) is 0 Å². The third kappa shape index (κ3) is 6.52. The fraction of sp³-hybridized carbons (Fsp3) is 0.500. The van der Waals surface area contributed by atoms with Crippen LogP contribution in [0.3, 0.4) is 0 Å². The lowest BCUT2D eigenvalue weighted by Crippen LogP contribution is -2.38. The summed E-state index contributed by atoms with van der Waals surface area (Å²) in [4.78, 5) is 4.71. The van der Waals surface area contributed by atoms with E-state index in [4.69, 9.17) is 14.5 Å². The summed E-state index contributed by atoms with van der Waals surface area (Å²) in [5.41, 5.74) is 1.22. The molecule has 1 heterocycles. The number of hydrogen-bond acceptors (Lipinski definition) is 3. The largest absolute Gasteiger partial charge is 0.381 e. The Morgan fingerprint density at radius 3 is 2.89 bits per heavy atom. The maximum atomic E-state index is 5.75. The molecule has 0 saturated carbocycles. The molecule has 1 aliphatic heterocycles. The molecule has 1 unspecified atom stereocenters. The van der Waals surface area contributed by atoms with Crippen LogP contribution in [0.4, 0.5) is 0 Å². The second-order valence-electron chi connectivity index (χ2n) is 6.96. The van der Waals surface area contributed by atoms with Crippen molar-refractivity contribution in [3.05, 3.63) is 48.0 Å². The predicted molar refractivity (Wildman–Crippen MR) is 111 cm³/mol. The molecule has 0 aromatic heterocycles. The van der Waals surface area contributed by atoms with E-state index >= 15 is 0 Å². The van der Waals surface area contributed by atoms with Crippen molar-refractivity contribution < 1.29 is 9.47 Å². The van der Waals surface area contributed by atoms with Crippen molar-refractivity contribution in [3.8, 4) is 0 Å². The Kier molecular flexibility index (Phi) is 7.93. The van der Waals surface area contributed by atoms with Gasteiger partial charge in [0, 0.05) is 32.2 Å². The molecule has 1 fully saturated rings. The number of nitrogens with zero attached hydrogens (tertiary/aromatic N) is 1. The van der Waals surface area contributed by atoms with Gasteiger partial charge in [0.2, 0.25) is 0 Å². The summed E-state index contributed by atoms with van der Waals surface area (Å²) in [6, 6.07) is 14.9. The fourth-order valence-electron chi connectivity index (χ4n) is 3.20. The maximum Gasteiger partial charge on any atom is 0.191 e. The van der Waals surface area contributed by atoms with E-state index in [1.165, 1.54) is 16.3 Å². The average Bonchev–Trinajstić information content (AvgIpc) is 3.22. The SMILES string of the molecule is CCNC(=NCc1ccc2ccccc2c1)NCCCOCC1CCOC1. The molecule has 27 heavy (non-hydrogen) atoms. The van der Waals surface area contributed by atoms with Gasteiger partial charge in [-0.3, -0.25) is 0 Å². The third-order valence-corrected chi connectivity index (χ3v) is 4.71. The number of hydrogen-bond donors (Lipinski definition) is 2. The second kappa shape index (κ2) is 10.9. The Hall–Kier alpha value is -2.11. The summed E-state index contributed by atoms with van der Waals surface area (Å²) >= 11 is 0. The Bertz CT molecular complexity index is 726. The van der Waals surface area contributed by atoms with Crippen molar-refractivity contribution in [3.63, 3.8) is 0 Å². The van der Waals surface area contributed by atoms with E-state index in [1.807, 2.05) is 0 Å². The van der Waals surface area contributed by atoms with E-state index in [2.05, 4.69) is 60.0 Å². The van der Waals surface area contributed by atoms with Gasteiger partial charge in [-0.05, 0) is 42.2 Å². The van der Waals surface area contributed by atoms with Crippen molar-refractivity contribution in [1.82, 2.24) is 10.6 Å². The number of nitrogens with one attached hydrogen (secondary N) is 2. The molecular formula is C22H31N3O2. The molecule has 0 aliphatic carbocycles. The van der Waals surface area contributed by atoms with Crippen molar-refractivity contribution >= 4 is 16.7 Å². The van der Waals surface area contributed by atoms with E-state index in [0.717, 1.165) is 58.3 Å². The first-order chi connectivity index (χ1) is 13.3. The molecule has 2 aromatic carbocycles. The molecule has 0 spiro atoms. The molecule has 0 radical (unpaired) electrons. The molecule has 5 nitrogen and oxygen atoms in total. The van der Waals surface area contributed by atoms with Gasteiger partial charge in [0.05, 0.1) is 19.8 Å². The number of fused-ring (bicyclic) bond motifs is 1. The quantitative estimate of drug-likeness (QED) is 0.404. The van der Waals surface area contributed by atoms with Crippen LogP contribution in [-0.4, -0.2) is 45.5 Å². The highest BCUT2D eigenvalue weighted by Gasteiger charge is 2.15. The molecule has 2 N–H and O–H groups in total. The van der Waals surface area contributed by atoms with Crippen molar-refractivity contribution in [2.75, 3.05) is 39.5 Å². The molecule has 3 rings (SSSR count). The molecule has 1 aliphatic rings. The second-order valence-corrected chi connectivity index (χ2v) is 6.96. The summed E-state index contributed by atoms with van der Waals surface area (Å²) in [6.07, 6.45) is 2.10. The van der Waals surface area contributed by atoms with Gasteiger partial charge < -0.3 is 20.1 Å². The van der Waals surface area contributed by atoms with Gasteiger partial charge in [0.1, 0.15) is 0 Å². The highest BCUT2D eigenvalue weighted by atomic mass is 16.5. The minimum atomic E-state index is 0.582. The van der Waals surface area contributed by atoms with E-state index in [9.17, 15) is 0 Å². The first-order valence-electron chi connectivity index (χ1n) is 10.0. The number of guanidine groups is 1. The molecule has 0 bridgehead atoms. The zero-order chi connectivity index (χ0) is 18.7. The molecule has 5 heteroatoms. The Morgan fingerprint density at radius 2 is 2.07 bits per heavy atom. The molecule has 1 atom stereocenters. The molecule has 0 amide bonds. The van der Waals surface area contributed by atoms with Gasteiger partial charge in [-0.2, -0.15) is 0 Å². The molecule has 2 aromatic rings. The van der Waals surface area contributed by atoms with Gasteiger partial charge >= 0.3 is 0 Å². The number of rotatable bonds is 9. The summed E-state index contributed by atoms with van der Waals surface area (Å²) in [6.45, 7) is 7.77. The van der Waals surface area contributed by atoms with Gasteiger partial charge in [0.15, 0.2) is 5.96 Å². The van der Waals surface area contributed by atoms with Crippen molar-refractivity contribution in [2.45, 2.75) is 26.3 Å². The summed E-state index contributed by atoms with van der Waals surface area (Å²) < 4.78 is 11.1. The van der Waals surface area contributed by atoms with Gasteiger partial charge in [-0.25, -0.2) is 4.99 Å². The lowest BCUT2D eigenvalue weighted by molar-refractivity contribution is 0.0888.